The van der Waals surface area contributed by atoms with Crippen molar-refractivity contribution in [2.24, 2.45) is 0 Å². The van der Waals surface area contributed by atoms with Crippen molar-refractivity contribution in [2.75, 3.05) is 5.32 Å². The lowest BCUT2D eigenvalue weighted by molar-refractivity contribution is -0.383. The number of hydrogen-bond acceptors (Lipinski definition) is 5. The third kappa shape index (κ3) is 4.62. The Morgan fingerprint density at radius 2 is 1.89 bits per heavy atom. The van der Waals surface area contributed by atoms with Gasteiger partial charge in [0, 0.05) is 24.5 Å². The summed E-state index contributed by atoms with van der Waals surface area (Å²) in [6, 6.07) is 14.1. The molecule has 0 bridgehead atoms. The molecule has 1 amide bonds. The van der Waals surface area contributed by atoms with E-state index in [2.05, 4.69) is 36.3 Å². The quantitative estimate of drug-likeness (QED) is 0.463. The van der Waals surface area contributed by atoms with E-state index in [0.717, 1.165) is 5.56 Å². The van der Waals surface area contributed by atoms with E-state index in [-0.39, 0.29) is 23.7 Å². The zero-order valence-electron chi connectivity index (χ0n) is 15.7. The predicted octanol–water partition coefficient (Wildman–Crippen LogP) is 4.94. The van der Waals surface area contributed by atoms with Gasteiger partial charge in [-0.25, -0.2) is 4.98 Å². The van der Waals surface area contributed by atoms with Crippen LogP contribution in [0.3, 0.4) is 0 Å². The summed E-state index contributed by atoms with van der Waals surface area (Å²) >= 11 is 0. The summed E-state index contributed by atoms with van der Waals surface area (Å²) in [4.78, 5) is 26.8. The van der Waals surface area contributed by atoms with Gasteiger partial charge in [0.05, 0.1) is 11.1 Å². The first-order valence-electron chi connectivity index (χ1n) is 9.02. The molecule has 0 aliphatic rings. The summed E-state index contributed by atoms with van der Waals surface area (Å²) in [5, 5.41) is 13.6. The summed E-state index contributed by atoms with van der Waals surface area (Å²) < 4.78 is 5.73. The van der Waals surface area contributed by atoms with E-state index >= 15 is 0 Å². The number of aromatic nitrogens is 1. The van der Waals surface area contributed by atoms with Gasteiger partial charge < -0.3 is 9.73 Å². The summed E-state index contributed by atoms with van der Waals surface area (Å²) in [7, 11) is 0. The number of carbonyl (C=O) groups is 1. The van der Waals surface area contributed by atoms with Crippen molar-refractivity contribution in [3.05, 3.63) is 76.3 Å². The molecule has 0 radical (unpaired) electrons. The molecule has 0 unspecified atom stereocenters. The second-order valence-electron chi connectivity index (χ2n) is 6.72. The zero-order valence-corrected chi connectivity index (χ0v) is 15.7. The summed E-state index contributed by atoms with van der Waals surface area (Å²) in [5.41, 5.74) is 2.21. The van der Waals surface area contributed by atoms with Gasteiger partial charge in [0.25, 0.3) is 5.69 Å². The first kappa shape index (κ1) is 19.3. The molecule has 3 rings (SSSR count). The first-order chi connectivity index (χ1) is 13.4. The maximum atomic E-state index is 12.1. The minimum Gasteiger partial charge on any atom is -0.441 e. The highest BCUT2D eigenvalue weighted by molar-refractivity contribution is 5.93. The van der Waals surface area contributed by atoms with Crippen LogP contribution in [-0.2, 0) is 11.2 Å². The molecular weight excluding hydrogens is 358 g/mol. The smallest absolute Gasteiger partial charge is 0.292 e. The van der Waals surface area contributed by atoms with E-state index in [4.69, 9.17) is 4.42 Å². The van der Waals surface area contributed by atoms with Crippen molar-refractivity contribution in [1.82, 2.24) is 4.98 Å². The fourth-order valence-electron chi connectivity index (χ4n) is 2.76. The fourth-order valence-corrected chi connectivity index (χ4v) is 2.76. The van der Waals surface area contributed by atoms with Crippen LogP contribution in [-0.4, -0.2) is 15.8 Å². The van der Waals surface area contributed by atoms with Gasteiger partial charge >= 0.3 is 0 Å². The van der Waals surface area contributed by atoms with Gasteiger partial charge in [-0.1, -0.05) is 50.2 Å². The number of benzene rings is 2. The molecule has 0 spiro atoms. The molecule has 7 nitrogen and oxygen atoms in total. The Bertz CT molecular complexity index is 977. The molecule has 7 heteroatoms. The summed E-state index contributed by atoms with van der Waals surface area (Å²) in [6.07, 6.45) is 2.05. The molecule has 3 aromatic rings. The zero-order chi connectivity index (χ0) is 20.1. The molecule has 1 N–H and O–H groups in total. The van der Waals surface area contributed by atoms with Crippen LogP contribution in [0.15, 0.2) is 59.1 Å². The van der Waals surface area contributed by atoms with Crippen molar-refractivity contribution in [3.8, 4) is 11.3 Å². The average molecular weight is 379 g/mol. The largest absolute Gasteiger partial charge is 0.441 e. The maximum Gasteiger partial charge on any atom is 0.292 e. The Morgan fingerprint density at radius 3 is 2.57 bits per heavy atom. The number of nitro benzene ring substituents is 1. The molecule has 0 aliphatic carbocycles. The molecule has 0 fully saturated rings. The summed E-state index contributed by atoms with van der Waals surface area (Å²) in [6.45, 7) is 4.27. The molecule has 144 valence electrons. The van der Waals surface area contributed by atoms with Crippen molar-refractivity contribution in [3.63, 3.8) is 0 Å². The fraction of sp³-hybridized carbons (Fsp3) is 0.238. The number of nitrogens with one attached hydrogen (secondary N) is 1. The molecule has 28 heavy (non-hydrogen) atoms. The molecule has 1 aromatic heterocycles. The predicted molar refractivity (Wildman–Crippen MR) is 106 cm³/mol. The van der Waals surface area contributed by atoms with E-state index in [1.807, 2.05) is 12.1 Å². The Morgan fingerprint density at radius 1 is 1.18 bits per heavy atom. The third-order valence-corrected chi connectivity index (χ3v) is 4.36. The topological polar surface area (TPSA) is 98.3 Å². The standard InChI is InChI=1S/C21H21N3O4/c1-14(2)15-7-9-16(10-8-15)19-13-22-21(28-19)12-11-20(25)23-17-5-3-4-6-18(17)24(26)27/h3-10,13-14H,11-12H2,1-2H3,(H,23,25). The van der Waals surface area contributed by atoms with Crippen molar-refractivity contribution < 1.29 is 14.1 Å². The lowest BCUT2D eigenvalue weighted by atomic mass is 10.0. The Balaban J connectivity index is 1.60. The van der Waals surface area contributed by atoms with Crippen molar-refractivity contribution in [2.45, 2.75) is 32.6 Å². The molecular formula is C21H21N3O4. The monoisotopic (exact) mass is 379 g/mol. The van der Waals surface area contributed by atoms with E-state index in [1.165, 1.54) is 17.7 Å². The second-order valence-corrected chi connectivity index (χ2v) is 6.72. The highest BCUT2D eigenvalue weighted by Gasteiger charge is 2.15. The van der Waals surface area contributed by atoms with Crippen molar-refractivity contribution >= 4 is 17.3 Å². The van der Waals surface area contributed by atoms with Gasteiger partial charge in [0.2, 0.25) is 5.91 Å². The molecule has 2 aromatic carbocycles. The Hall–Kier alpha value is -3.48. The highest BCUT2D eigenvalue weighted by Crippen LogP contribution is 2.25. The third-order valence-electron chi connectivity index (χ3n) is 4.36. The normalized spacial score (nSPS) is 10.8. The van der Waals surface area contributed by atoms with Gasteiger partial charge in [-0.05, 0) is 17.5 Å². The van der Waals surface area contributed by atoms with Gasteiger partial charge in [0.1, 0.15) is 5.69 Å². The van der Waals surface area contributed by atoms with Crippen LogP contribution in [0.5, 0.6) is 0 Å². The van der Waals surface area contributed by atoms with E-state index in [1.54, 1.807) is 18.3 Å². The second kappa shape index (κ2) is 8.47. The number of anilines is 1. The van der Waals surface area contributed by atoms with E-state index < -0.39 is 4.92 Å². The Labute approximate surface area is 162 Å². The number of rotatable bonds is 7. The van der Waals surface area contributed by atoms with Crippen LogP contribution in [0, 0.1) is 10.1 Å². The van der Waals surface area contributed by atoms with Gasteiger partial charge in [0.15, 0.2) is 11.7 Å². The van der Waals surface area contributed by atoms with Gasteiger partial charge in [-0.3, -0.25) is 14.9 Å². The molecule has 1 heterocycles. The summed E-state index contributed by atoms with van der Waals surface area (Å²) in [5.74, 6) is 1.21. The average Bonchev–Trinajstić information content (AvgIpc) is 3.16. The van der Waals surface area contributed by atoms with Crippen LogP contribution in [0.2, 0.25) is 0 Å². The minimum absolute atomic E-state index is 0.109. The van der Waals surface area contributed by atoms with Gasteiger partial charge in [-0.2, -0.15) is 0 Å². The van der Waals surface area contributed by atoms with Crippen LogP contribution in [0.1, 0.15) is 37.6 Å². The Kier molecular flexibility index (Phi) is 5.84. The maximum absolute atomic E-state index is 12.1. The number of carbonyl (C=O) groups excluding carboxylic acids is 1. The molecule has 0 saturated heterocycles. The van der Waals surface area contributed by atoms with Crippen LogP contribution in [0.4, 0.5) is 11.4 Å². The van der Waals surface area contributed by atoms with Crippen molar-refractivity contribution in [1.29, 1.82) is 0 Å². The van der Waals surface area contributed by atoms with E-state index in [0.29, 0.717) is 24.0 Å². The number of nitrogens with zero attached hydrogens (tertiary/aromatic N) is 2. The van der Waals surface area contributed by atoms with Crippen LogP contribution >= 0.6 is 0 Å². The van der Waals surface area contributed by atoms with Gasteiger partial charge in [-0.15, -0.1) is 0 Å². The molecule has 0 saturated carbocycles. The lowest BCUT2D eigenvalue weighted by Crippen LogP contribution is -2.13. The number of amides is 1. The molecule has 0 aliphatic heterocycles. The van der Waals surface area contributed by atoms with Crippen LogP contribution < -0.4 is 5.32 Å². The first-order valence-corrected chi connectivity index (χ1v) is 9.02. The number of hydrogen-bond donors (Lipinski definition) is 1. The lowest BCUT2D eigenvalue weighted by Gasteiger charge is -2.05. The van der Waals surface area contributed by atoms with E-state index in [9.17, 15) is 14.9 Å². The SMILES string of the molecule is CC(C)c1ccc(-c2cnc(CCC(=O)Nc3ccccc3[N+](=O)[O-])o2)cc1. The number of aryl methyl sites for hydroxylation is 1. The number of para-hydroxylation sites is 2. The van der Waals surface area contributed by atoms with Crippen LogP contribution in [0.25, 0.3) is 11.3 Å². The molecule has 0 atom stereocenters. The highest BCUT2D eigenvalue weighted by atomic mass is 16.6. The minimum atomic E-state index is -0.527. The number of oxazole rings is 1. The number of nitro groups is 1.